The number of aromatic hydroxyl groups is 1. The standard InChI is InChI=1S/C24H23ClN2O5S2/c1-32-23(31)16-8-6-15(7-9-16)13-20-22(30)27(24(33)34-20)12-4-2-3-5-21(29)26-18-14-17(25)10-11-19(18)28/h6-11,13-14,28H,2-5,12H2,1H3,(H,26,29). The average Bonchev–Trinajstić information content (AvgIpc) is 3.08. The van der Waals surface area contributed by atoms with Crippen LogP contribution in [-0.2, 0) is 14.3 Å². The molecule has 0 aromatic heterocycles. The lowest BCUT2D eigenvalue weighted by molar-refractivity contribution is -0.122. The number of benzene rings is 2. The Kier molecular flexibility index (Phi) is 9.09. The number of anilines is 1. The third-order valence-corrected chi connectivity index (χ3v) is 6.63. The lowest BCUT2D eigenvalue weighted by Gasteiger charge is -2.14. The van der Waals surface area contributed by atoms with Crippen LogP contribution in [0.1, 0.15) is 41.6 Å². The summed E-state index contributed by atoms with van der Waals surface area (Å²) in [5, 5.41) is 12.8. The monoisotopic (exact) mass is 518 g/mol. The highest BCUT2D eigenvalue weighted by Gasteiger charge is 2.31. The number of halogens is 1. The molecule has 34 heavy (non-hydrogen) atoms. The first kappa shape index (κ1) is 25.7. The molecule has 1 saturated heterocycles. The van der Waals surface area contributed by atoms with Crippen molar-refractivity contribution in [2.75, 3.05) is 19.0 Å². The van der Waals surface area contributed by atoms with Gasteiger partial charge in [-0.05, 0) is 54.8 Å². The van der Waals surface area contributed by atoms with Crippen LogP contribution in [0.3, 0.4) is 0 Å². The van der Waals surface area contributed by atoms with Crippen molar-refractivity contribution in [1.82, 2.24) is 4.90 Å². The number of nitrogens with one attached hydrogen (secondary N) is 1. The van der Waals surface area contributed by atoms with Crippen LogP contribution < -0.4 is 5.32 Å². The van der Waals surface area contributed by atoms with Gasteiger partial charge in [-0.2, -0.15) is 0 Å². The van der Waals surface area contributed by atoms with Gasteiger partial charge in [0.2, 0.25) is 5.91 Å². The first-order chi connectivity index (χ1) is 16.3. The predicted molar refractivity (Wildman–Crippen MR) is 138 cm³/mol. The molecule has 1 fully saturated rings. The molecule has 2 aromatic rings. The predicted octanol–water partition coefficient (Wildman–Crippen LogP) is 5.23. The van der Waals surface area contributed by atoms with Crippen molar-refractivity contribution in [3.8, 4) is 5.75 Å². The molecule has 7 nitrogen and oxygen atoms in total. The second kappa shape index (κ2) is 12.0. The zero-order valence-corrected chi connectivity index (χ0v) is 20.8. The molecule has 2 aromatic carbocycles. The maximum Gasteiger partial charge on any atom is 0.337 e. The molecular weight excluding hydrogens is 496 g/mol. The molecule has 1 heterocycles. The molecule has 0 spiro atoms. The summed E-state index contributed by atoms with van der Waals surface area (Å²) in [6.07, 6.45) is 4.09. The van der Waals surface area contributed by atoms with Crippen LogP contribution in [-0.4, -0.2) is 45.8 Å². The number of carbonyl (C=O) groups is 3. The summed E-state index contributed by atoms with van der Waals surface area (Å²) in [5.74, 6) is -0.830. The maximum atomic E-state index is 12.8. The van der Waals surface area contributed by atoms with E-state index in [1.165, 1.54) is 37.1 Å². The molecule has 1 aliphatic heterocycles. The number of phenols is 1. The van der Waals surface area contributed by atoms with Gasteiger partial charge < -0.3 is 15.2 Å². The lowest BCUT2D eigenvalue weighted by Crippen LogP contribution is -2.29. The van der Waals surface area contributed by atoms with Crippen LogP contribution in [0.2, 0.25) is 5.02 Å². The molecule has 10 heteroatoms. The fourth-order valence-electron chi connectivity index (χ4n) is 3.23. The fraction of sp³-hybridized carbons (Fsp3) is 0.250. The maximum absolute atomic E-state index is 12.8. The van der Waals surface area contributed by atoms with Gasteiger partial charge in [-0.1, -0.05) is 54.1 Å². The van der Waals surface area contributed by atoms with Crippen LogP contribution in [0.25, 0.3) is 6.08 Å². The lowest BCUT2D eigenvalue weighted by atomic mass is 10.1. The van der Waals surface area contributed by atoms with Gasteiger partial charge in [0, 0.05) is 18.0 Å². The van der Waals surface area contributed by atoms with Gasteiger partial charge in [-0.25, -0.2) is 4.79 Å². The molecule has 178 valence electrons. The molecule has 0 bridgehead atoms. The van der Waals surface area contributed by atoms with E-state index in [-0.39, 0.29) is 29.7 Å². The number of amides is 2. The minimum Gasteiger partial charge on any atom is -0.506 e. The molecular formula is C24H23ClN2O5S2. The van der Waals surface area contributed by atoms with Crippen LogP contribution >= 0.6 is 35.6 Å². The van der Waals surface area contributed by atoms with Crippen molar-refractivity contribution in [1.29, 1.82) is 0 Å². The molecule has 0 saturated carbocycles. The quantitative estimate of drug-likeness (QED) is 0.154. The number of unbranched alkanes of at least 4 members (excludes halogenated alkanes) is 2. The minimum absolute atomic E-state index is 0.0421. The Morgan fingerprint density at radius 2 is 1.91 bits per heavy atom. The normalized spacial score (nSPS) is 14.5. The number of thiocarbonyl (C=S) groups is 1. The summed E-state index contributed by atoms with van der Waals surface area (Å²) in [7, 11) is 1.32. The second-order valence-electron chi connectivity index (χ2n) is 7.47. The van der Waals surface area contributed by atoms with Crippen LogP contribution in [0.4, 0.5) is 5.69 Å². The van der Waals surface area contributed by atoms with Gasteiger partial charge in [0.15, 0.2) is 0 Å². The van der Waals surface area contributed by atoms with Gasteiger partial charge in [0.05, 0.1) is 23.3 Å². The smallest absolute Gasteiger partial charge is 0.337 e. The van der Waals surface area contributed by atoms with Gasteiger partial charge in [-0.3, -0.25) is 14.5 Å². The Balaban J connectivity index is 1.44. The zero-order valence-electron chi connectivity index (χ0n) is 18.4. The van der Waals surface area contributed by atoms with Crippen LogP contribution in [0, 0.1) is 0 Å². The van der Waals surface area contributed by atoms with Crippen molar-refractivity contribution < 1.29 is 24.2 Å². The van der Waals surface area contributed by atoms with Crippen molar-refractivity contribution in [3.63, 3.8) is 0 Å². The van der Waals surface area contributed by atoms with Crippen molar-refractivity contribution in [2.24, 2.45) is 0 Å². The van der Waals surface area contributed by atoms with E-state index in [0.29, 0.717) is 39.2 Å². The van der Waals surface area contributed by atoms with Gasteiger partial charge in [-0.15, -0.1) is 0 Å². The Hall–Kier alpha value is -2.88. The molecule has 0 radical (unpaired) electrons. The van der Waals surface area contributed by atoms with E-state index < -0.39 is 5.97 Å². The number of thioether (sulfide) groups is 1. The summed E-state index contributed by atoms with van der Waals surface area (Å²) >= 11 is 12.5. The first-order valence-electron chi connectivity index (χ1n) is 10.5. The van der Waals surface area contributed by atoms with Gasteiger partial charge in [0.1, 0.15) is 10.1 Å². The van der Waals surface area contributed by atoms with Crippen molar-refractivity contribution in [2.45, 2.75) is 25.7 Å². The van der Waals surface area contributed by atoms with E-state index in [1.54, 1.807) is 35.2 Å². The Bertz CT molecular complexity index is 1130. The SMILES string of the molecule is COC(=O)c1ccc(C=C2SC(=S)N(CCCCCC(=O)Nc3cc(Cl)ccc3O)C2=O)cc1. The van der Waals surface area contributed by atoms with E-state index in [4.69, 9.17) is 23.8 Å². The number of ether oxygens (including phenoxy) is 1. The number of esters is 1. The van der Waals surface area contributed by atoms with Gasteiger partial charge >= 0.3 is 5.97 Å². The van der Waals surface area contributed by atoms with Crippen molar-refractivity contribution >= 4 is 69.4 Å². The topological polar surface area (TPSA) is 95.9 Å². The van der Waals surface area contributed by atoms with Gasteiger partial charge in [0.25, 0.3) is 5.91 Å². The number of phenolic OH excluding ortho intramolecular Hbond substituents is 1. The highest BCUT2D eigenvalue weighted by Crippen LogP contribution is 2.33. The fourth-order valence-corrected chi connectivity index (χ4v) is 4.71. The summed E-state index contributed by atoms with van der Waals surface area (Å²) in [6, 6.07) is 11.2. The zero-order chi connectivity index (χ0) is 24.7. The minimum atomic E-state index is -0.419. The summed E-state index contributed by atoms with van der Waals surface area (Å²) < 4.78 is 5.18. The summed E-state index contributed by atoms with van der Waals surface area (Å²) in [4.78, 5) is 38.5. The van der Waals surface area contributed by atoms with E-state index in [9.17, 15) is 19.5 Å². The summed E-state index contributed by atoms with van der Waals surface area (Å²) in [6.45, 7) is 0.472. The Labute approximate surface area is 212 Å². The average molecular weight is 519 g/mol. The highest BCUT2D eigenvalue weighted by molar-refractivity contribution is 8.26. The van der Waals surface area contributed by atoms with Crippen molar-refractivity contribution in [3.05, 3.63) is 63.5 Å². The molecule has 0 atom stereocenters. The summed E-state index contributed by atoms with van der Waals surface area (Å²) in [5.41, 5.74) is 1.50. The van der Waals surface area contributed by atoms with E-state index >= 15 is 0 Å². The van der Waals surface area contributed by atoms with E-state index in [1.807, 2.05) is 0 Å². The molecule has 0 unspecified atom stereocenters. The number of nitrogens with zero attached hydrogens (tertiary/aromatic N) is 1. The molecule has 1 aliphatic rings. The number of hydrogen-bond donors (Lipinski definition) is 2. The number of methoxy groups -OCH3 is 1. The molecule has 3 rings (SSSR count). The third-order valence-electron chi connectivity index (χ3n) is 5.02. The molecule has 0 aliphatic carbocycles. The van der Waals surface area contributed by atoms with Crippen LogP contribution in [0.15, 0.2) is 47.4 Å². The van der Waals surface area contributed by atoms with E-state index in [2.05, 4.69) is 10.1 Å². The highest BCUT2D eigenvalue weighted by atomic mass is 35.5. The molecule has 2 N–H and O–H groups in total. The Morgan fingerprint density at radius 1 is 1.18 bits per heavy atom. The van der Waals surface area contributed by atoms with Crippen LogP contribution in [0.5, 0.6) is 5.75 Å². The first-order valence-corrected chi connectivity index (χ1v) is 12.1. The third kappa shape index (κ3) is 6.82. The largest absolute Gasteiger partial charge is 0.506 e. The van der Waals surface area contributed by atoms with E-state index in [0.717, 1.165) is 12.0 Å². The number of rotatable bonds is 9. The second-order valence-corrected chi connectivity index (χ2v) is 9.58. The number of hydrogen-bond acceptors (Lipinski definition) is 7. The number of carbonyl (C=O) groups excluding carboxylic acids is 3. The Morgan fingerprint density at radius 3 is 2.62 bits per heavy atom. The molecule has 2 amide bonds.